The van der Waals surface area contributed by atoms with Crippen molar-refractivity contribution in [2.24, 2.45) is 5.92 Å². The highest BCUT2D eigenvalue weighted by Gasteiger charge is 2.27. The summed E-state index contributed by atoms with van der Waals surface area (Å²) in [6.45, 7) is 1.55. The zero-order valence-corrected chi connectivity index (χ0v) is 8.89. The fourth-order valence-electron chi connectivity index (χ4n) is 1.85. The number of aliphatic hydroxyl groups excluding tert-OH is 1. The van der Waals surface area contributed by atoms with E-state index in [0.29, 0.717) is 12.1 Å². The normalized spacial score (nSPS) is 24.3. The summed E-state index contributed by atoms with van der Waals surface area (Å²) in [5.41, 5.74) is 0.596. The van der Waals surface area contributed by atoms with Crippen LogP contribution < -0.4 is 10.6 Å². The summed E-state index contributed by atoms with van der Waals surface area (Å²) < 4.78 is 0. The van der Waals surface area contributed by atoms with Crippen molar-refractivity contribution in [2.75, 3.05) is 19.7 Å². The Labute approximate surface area is 93.9 Å². The first-order valence-electron chi connectivity index (χ1n) is 5.33. The number of carbonyl (C=O) groups is 1. The summed E-state index contributed by atoms with van der Waals surface area (Å²) in [7, 11) is 0. The first-order valence-corrected chi connectivity index (χ1v) is 5.33. The number of hydrogen-bond donors (Lipinski definition) is 3. The molecule has 1 aromatic rings. The summed E-state index contributed by atoms with van der Waals surface area (Å²) in [6, 6.07) is 3.35. The third-order valence-corrected chi connectivity index (χ3v) is 2.83. The average Bonchev–Trinajstić information content (AvgIpc) is 2.77. The Morgan fingerprint density at radius 3 is 2.94 bits per heavy atom. The zero-order chi connectivity index (χ0) is 11.4. The van der Waals surface area contributed by atoms with Crippen LogP contribution in [0.3, 0.4) is 0 Å². The second kappa shape index (κ2) is 5.05. The van der Waals surface area contributed by atoms with Gasteiger partial charge in [-0.1, -0.05) is 0 Å². The van der Waals surface area contributed by atoms with Crippen molar-refractivity contribution in [3.05, 3.63) is 30.1 Å². The van der Waals surface area contributed by atoms with Gasteiger partial charge in [0.2, 0.25) is 0 Å². The van der Waals surface area contributed by atoms with E-state index in [-0.39, 0.29) is 24.5 Å². The molecule has 0 bridgehead atoms. The van der Waals surface area contributed by atoms with Gasteiger partial charge in [-0.05, 0) is 12.1 Å². The molecule has 2 unspecified atom stereocenters. The van der Waals surface area contributed by atoms with Crippen molar-refractivity contribution >= 4 is 5.91 Å². The van der Waals surface area contributed by atoms with Gasteiger partial charge >= 0.3 is 0 Å². The number of nitrogens with zero attached hydrogens (tertiary/aromatic N) is 1. The molecule has 1 aliphatic heterocycles. The van der Waals surface area contributed by atoms with Gasteiger partial charge in [-0.2, -0.15) is 0 Å². The molecule has 2 rings (SSSR count). The van der Waals surface area contributed by atoms with Crippen LogP contribution in [-0.4, -0.2) is 41.7 Å². The number of nitrogens with one attached hydrogen (secondary N) is 2. The van der Waals surface area contributed by atoms with E-state index in [1.807, 2.05) is 0 Å². The molecular weight excluding hydrogens is 206 g/mol. The standard InChI is InChI=1S/C11H15N3O2/c15-7-9-5-13-6-10(9)14-11(16)8-1-3-12-4-2-8/h1-4,9-10,13,15H,5-7H2,(H,14,16). The highest BCUT2D eigenvalue weighted by Crippen LogP contribution is 2.09. The lowest BCUT2D eigenvalue weighted by atomic mass is 10.0. The third kappa shape index (κ3) is 2.37. The van der Waals surface area contributed by atoms with Crippen LogP contribution in [-0.2, 0) is 0 Å². The summed E-state index contributed by atoms with van der Waals surface area (Å²) in [5.74, 6) is -0.0136. The van der Waals surface area contributed by atoms with Crippen molar-refractivity contribution in [3.8, 4) is 0 Å². The second-order valence-electron chi connectivity index (χ2n) is 3.92. The van der Waals surface area contributed by atoms with Crippen molar-refractivity contribution < 1.29 is 9.90 Å². The van der Waals surface area contributed by atoms with Crippen LogP contribution in [0.15, 0.2) is 24.5 Å². The molecule has 0 radical (unpaired) electrons. The Balaban J connectivity index is 1.97. The van der Waals surface area contributed by atoms with Crippen LogP contribution >= 0.6 is 0 Å². The molecule has 2 atom stereocenters. The number of carbonyl (C=O) groups excluding carboxylic acids is 1. The fourth-order valence-corrected chi connectivity index (χ4v) is 1.85. The summed E-state index contributed by atoms with van der Waals surface area (Å²) in [6.07, 6.45) is 3.18. The minimum absolute atomic E-state index is 0.00525. The van der Waals surface area contributed by atoms with Gasteiger partial charge in [0.25, 0.3) is 5.91 Å². The van der Waals surface area contributed by atoms with Gasteiger partial charge in [0.15, 0.2) is 0 Å². The maximum atomic E-state index is 11.8. The lowest BCUT2D eigenvalue weighted by Gasteiger charge is -2.17. The van der Waals surface area contributed by atoms with Gasteiger partial charge in [-0.25, -0.2) is 0 Å². The molecule has 0 spiro atoms. The quantitative estimate of drug-likeness (QED) is 0.636. The van der Waals surface area contributed by atoms with E-state index < -0.39 is 0 Å². The Morgan fingerprint density at radius 2 is 2.25 bits per heavy atom. The first kappa shape index (κ1) is 11.0. The van der Waals surface area contributed by atoms with E-state index in [2.05, 4.69) is 15.6 Å². The van der Waals surface area contributed by atoms with E-state index in [4.69, 9.17) is 5.11 Å². The predicted molar refractivity (Wildman–Crippen MR) is 58.9 cm³/mol. The Morgan fingerprint density at radius 1 is 1.50 bits per heavy atom. The predicted octanol–water partition coefficient (Wildman–Crippen LogP) is -0.608. The van der Waals surface area contributed by atoms with Gasteiger partial charge in [-0.15, -0.1) is 0 Å². The molecule has 0 aromatic carbocycles. The SMILES string of the molecule is O=C(NC1CNCC1CO)c1ccncc1. The molecule has 1 amide bonds. The highest BCUT2D eigenvalue weighted by atomic mass is 16.3. The highest BCUT2D eigenvalue weighted by molar-refractivity contribution is 5.94. The summed E-state index contributed by atoms with van der Waals surface area (Å²) in [5, 5.41) is 15.2. The molecular formula is C11H15N3O2. The molecule has 0 saturated carbocycles. The van der Waals surface area contributed by atoms with Gasteiger partial charge in [-0.3, -0.25) is 9.78 Å². The second-order valence-corrected chi connectivity index (χ2v) is 3.92. The summed E-state index contributed by atoms with van der Waals surface area (Å²) in [4.78, 5) is 15.7. The molecule has 3 N–H and O–H groups in total. The Bertz CT molecular complexity index is 356. The molecule has 2 heterocycles. The summed E-state index contributed by atoms with van der Waals surface area (Å²) >= 11 is 0. The smallest absolute Gasteiger partial charge is 0.251 e. The lowest BCUT2D eigenvalue weighted by molar-refractivity contribution is 0.0921. The number of pyridine rings is 1. The Hall–Kier alpha value is -1.46. The number of amides is 1. The minimum atomic E-state index is -0.116. The van der Waals surface area contributed by atoms with Crippen LogP contribution in [0.2, 0.25) is 0 Å². The van der Waals surface area contributed by atoms with Crippen molar-refractivity contribution in [3.63, 3.8) is 0 Å². The first-order chi connectivity index (χ1) is 7.81. The molecule has 0 aliphatic carbocycles. The average molecular weight is 221 g/mol. The van der Waals surface area contributed by atoms with Crippen molar-refractivity contribution in [2.45, 2.75) is 6.04 Å². The van der Waals surface area contributed by atoms with Gasteiger partial charge in [0.1, 0.15) is 0 Å². The molecule has 1 aliphatic rings. The monoisotopic (exact) mass is 221 g/mol. The molecule has 86 valence electrons. The van der Waals surface area contributed by atoms with Gasteiger partial charge in [0, 0.05) is 49.6 Å². The fraction of sp³-hybridized carbons (Fsp3) is 0.455. The van der Waals surface area contributed by atoms with Crippen LogP contribution in [0.5, 0.6) is 0 Å². The van der Waals surface area contributed by atoms with Crippen LogP contribution in [0.4, 0.5) is 0 Å². The molecule has 1 fully saturated rings. The van der Waals surface area contributed by atoms with E-state index in [1.165, 1.54) is 0 Å². The molecule has 5 heteroatoms. The third-order valence-electron chi connectivity index (χ3n) is 2.83. The van der Waals surface area contributed by atoms with E-state index in [9.17, 15) is 4.79 Å². The maximum absolute atomic E-state index is 11.8. The van der Waals surface area contributed by atoms with E-state index >= 15 is 0 Å². The lowest BCUT2D eigenvalue weighted by Crippen LogP contribution is -2.41. The van der Waals surface area contributed by atoms with Crippen molar-refractivity contribution in [1.29, 1.82) is 0 Å². The molecule has 16 heavy (non-hydrogen) atoms. The number of aromatic nitrogens is 1. The van der Waals surface area contributed by atoms with Crippen molar-refractivity contribution in [1.82, 2.24) is 15.6 Å². The van der Waals surface area contributed by atoms with Crippen LogP contribution in [0, 0.1) is 5.92 Å². The van der Waals surface area contributed by atoms with Gasteiger partial charge < -0.3 is 15.7 Å². The topological polar surface area (TPSA) is 74.2 Å². The Kier molecular flexibility index (Phi) is 3.48. The van der Waals surface area contributed by atoms with E-state index in [1.54, 1.807) is 24.5 Å². The van der Waals surface area contributed by atoms with Gasteiger partial charge in [0.05, 0.1) is 0 Å². The molecule has 5 nitrogen and oxygen atoms in total. The van der Waals surface area contributed by atoms with E-state index in [0.717, 1.165) is 6.54 Å². The molecule has 1 aromatic heterocycles. The zero-order valence-electron chi connectivity index (χ0n) is 8.89. The maximum Gasteiger partial charge on any atom is 0.251 e. The van der Waals surface area contributed by atoms with Crippen LogP contribution in [0.25, 0.3) is 0 Å². The number of rotatable bonds is 3. The largest absolute Gasteiger partial charge is 0.396 e. The number of aliphatic hydroxyl groups is 1. The minimum Gasteiger partial charge on any atom is -0.396 e. The number of hydrogen-bond acceptors (Lipinski definition) is 4. The van der Waals surface area contributed by atoms with Crippen LogP contribution in [0.1, 0.15) is 10.4 Å². The molecule has 1 saturated heterocycles.